The molecule has 1 fully saturated rings. The van der Waals surface area contributed by atoms with E-state index in [0.717, 1.165) is 13.0 Å². The zero-order chi connectivity index (χ0) is 12.0. The molecule has 16 heavy (non-hydrogen) atoms. The van der Waals surface area contributed by atoms with Crippen LogP contribution in [0.2, 0.25) is 0 Å². The number of aliphatic carboxylic acids is 1. The summed E-state index contributed by atoms with van der Waals surface area (Å²) in [5.74, 6) is -0.819. The van der Waals surface area contributed by atoms with Gasteiger partial charge >= 0.3 is 5.97 Å². The fourth-order valence-corrected chi connectivity index (χ4v) is 1.68. The predicted molar refractivity (Wildman–Crippen MR) is 59.5 cm³/mol. The van der Waals surface area contributed by atoms with Gasteiger partial charge in [0.1, 0.15) is 6.04 Å². The van der Waals surface area contributed by atoms with Gasteiger partial charge < -0.3 is 19.9 Å². The van der Waals surface area contributed by atoms with Gasteiger partial charge in [0.25, 0.3) is 0 Å². The average Bonchev–Trinajstić information content (AvgIpc) is 2.68. The van der Waals surface area contributed by atoms with Gasteiger partial charge in [0.2, 0.25) is 0 Å². The molecule has 1 aliphatic rings. The lowest BCUT2D eigenvalue weighted by molar-refractivity contribution is -0.140. The second kappa shape index (κ2) is 6.83. The summed E-state index contributed by atoms with van der Waals surface area (Å²) in [6, 6.07) is -0.363. The number of nitrogens with one attached hydrogen (secondary N) is 1. The van der Waals surface area contributed by atoms with Crippen molar-refractivity contribution >= 4 is 5.97 Å². The van der Waals surface area contributed by atoms with E-state index in [0.29, 0.717) is 19.6 Å². The summed E-state index contributed by atoms with van der Waals surface area (Å²) in [6.45, 7) is 5.71. The minimum Gasteiger partial charge on any atom is -0.480 e. The highest BCUT2D eigenvalue weighted by Crippen LogP contribution is 2.09. The van der Waals surface area contributed by atoms with E-state index >= 15 is 0 Å². The largest absolute Gasteiger partial charge is 0.480 e. The van der Waals surface area contributed by atoms with Gasteiger partial charge in [-0.1, -0.05) is 13.8 Å². The van der Waals surface area contributed by atoms with Gasteiger partial charge in [0.05, 0.1) is 12.7 Å². The third kappa shape index (κ3) is 4.92. The normalized spacial score (nSPS) is 22.6. The van der Waals surface area contributed by atoms with E-state index in [4.69, 9.17) is 14.6 Å². The second-order valence-electron chi connectivity index (χ2n) is 4.36. The van der Waals surface area contributed by atoms with Crippen LogP contribution in [-0.4, -0.2) is 49.1 Å². The second-order valence-corrected chi connectivity index (χ2v) is 4.36. The summed E-state index contributed by atoms with van der Waals surface area (Å²) in [7, 11) is 0. The topological polar surface area (TPSA) is 67.8 Å². The Hall–Kier alpha value is -0.650. The van der Waals surface area contributed by atoms with Crippen molar-refractivity contribution in [3.05, 3.63) is 0 Å². The summed E-state index contributed by atoms with van der Waals surface area (Å²) >= 11 is 0. The van der Waals surface area contributed by atoms with Crippen LogP contribution in [0.3, 0.4) is 0 Å². The van der Waals surface area contributed by atoms with E-state index in [1.165, 1.54) is 0 Å². The molecule has 0 radical (unpaired) electrons. The van der Waals surface area contributed by atoms with Gasteiger partial charge in [0.15, 0.2) is 0 Å². The summed E-state index contributed by atoms with van der Waals surface area (Å²) in [5.41, 5.74) is 0. The maximum Gasteiger partial charge on any atom is 0.320 e. The molecule has 2 unspecified atom stereocenters. The van der Waals surface area contributed by atoms with E-state index in [1.807, 2.05) is 13.8 Å². The van der Waals surface area contributed by atoms with Crippen molar-refractivity contribution in [2.45, 2.75) is 44.9 Å². The first-order valence-electron chi connectivity index (χ1n) is 5.77. The SMILES string of the molecule is CC(C)NC(CCOC1CCOC1)C(=O)O. The van der Waals surface area contributed by atoms with E-state index in [-0.39, 0.29) is 12.1 Å². The number of ether oxygens (including phenoxy) is 2. The number of carbonyl (C=O) groups is 1. The zero-order valence-corrected chi connectivity index (χ0v) is 9.94. The van der Waals surface area contributed by atoms with Gasteiger partial charge in [-0.25, -0.2) is 0 Å². The number of rotatable bonds is 7. The Morgan fingerprint density at radius 3 is 2.88 bits per heavy atom. The minimum atomic E-state index is -0.819. The lowest BCUT2D eigenvalue weighted by Crippen LogP contribution is -2.41. The lowest BCUT2D eigenvalue weighted by atomic mass is 10.2. The first-order valence-corrected chi connectivity index (χ1v) is 5.77. The van der Waals surface area contributed by atoms with Crippen LogP contribution >= 0.6 is 0 Å². The molecule has 2 atom stereocenters. The van der Waals surface area contributed by atoms with Crippen molar-refractivity contribution in [3.8, 4) is 0 Å². The van der Waals surface area contributed by atoms with Crippen LogP contribution in [0.1, 0.15) is 26.7 Å². The Bertz CT molecular complexity index is 214. The number of carboxylic acid groups (broad SMARTS) is 1. The molecule has 2 N–H and O–H groups in total. The molecule has 0 aromatic carbocycles. The van der Waals surface area contributed by atoms with Crippen LogP contribution < -0.4 is 5.32 Å². The zero-order valence-electron chi connectivity index (χ0n) is 9.94. The smallest absolute Gasteiger partial charge is 0.320 e. The molecule has 0 saturated carbocycles. The van der Waals surface area contributed by atoms with E-state index in [2.05, 4.69) is 5.32 Å². The van der Waals surface area contributed by atoms with E-state index < -0.39 is 12.0 Å². The molecule has 0 bridgehead atoms. The Labute approximate surface area is 96.1 Å². The van der Waals surface area contributed by atoms with Crippen LogP contribution in [0.4, 0.5) is 0 Å². The van der Waals surface area contributed by atoms with Crippen molar-refractivity contribution in [3.63, 3.8) is 0 Å². The highest BCUT2D eigenvalue weighted by atomic mass is 16.5. The molecule has 1 aliphatic heterocycles. The monoisotopic (exact) mass is 231 g/mol. The summed E-state index contributed by atoms with van der Waals surface area (Å²) in [5, 5.41) is 12.0. The van der Waals surface area contributed by atoms with E-state index in [9.17, 15) is 4.79 Å². The van der Waals surface area contributed by atoms with Crippen molar-refractivity contribution in [1.82, 2.24) is 5.32 Å². The predicted octanol–water partition coefficient (Wildman–Crippen LogP) is 0.633. The molecule has 1 rings (SSSR count). The van der Waals surface area contributed by atoms with Crippen LogP contribution in [0, 0.1) is 0 Å². The first kappa shape index (κ1) is 13.4. The standard InChI is InChI=1S/C11H21NO4/c1-8(2)12-10(11(13)14)4-6-16-9-3-5-15-7-9/h8-10,12H,3-7H2,1-2H3,(H,13,14). The summed E-state index contributed by atoms with van der Waals surface area (Å²) in [6.07, 6.45) is 1.55. The molecule has 0 spiro atoms. The third-order valence-corrected chi connectivity index (χ3v) is 2.48. The quantitative estimate of drug-likeness (QED) is 0.672. The van der Waals surface area contributed by atoms with Gasteiger partial charge in [-0.15, -0.1) is 0 Å². The average molecular weight is 231 g/mol. The Morgan fingerprint density at radius 2 is 2.38 bits per heavy atom. The lowest BCUT2D eigenvalue weighted by Gasteiger charge is -2.18. The van der Waals surface area contributed by atoms with Crippen LogP contribution in [0.15, 0.2) is 0 Å². The maximum atomic E-state index is 10.9. The number of carboxylic acids is 1. The highest BCUT2D eigenvalue weighted by Gasteiger charge is 2.20. The first-order chi connectivity index (χ1) is 7.59. The van der Waals surface area contributed by atoms with Gasteiger partial charge in [0, 0.05) is 19.3 Å². The van der Waals surface area contributed by atoms with Crippen LogP contribution in [-0.2, 0) is 14.3 Å². The molecule has 1 heterocycles. The highest BCUT2D eigenvalue weighted by molar-refractivity contribution is 5.73. The van der Waals surface area contributed by atoms with Crippen molar-refractivity contribution in [2.24, 2.45) is 0 Å². The van der Waals surface area contributed by atoms with Gasteiger partial charge in [-0.2, -0.15) is 0 Å². The Kier molecular flexibility index (Phi) is 5.73. The van der Waals surface area contributed by atoms with E-state index in [1.54, 1.807) is 0 Å². The molecule has 5 nitrogen and oxygen atoms in total. The molecule has 0 aliphatic carbocycles. The fraction of sp³-hybridized carbons (Fsp3) is 0.909. The van der Waals surface area contributed by atoms with Crippen LogP contribution in [0.25, 0.3) is 0 Å². The third-order valence-electron chi connectivity index (χ3n) is 2.48. The Morgan fingerprint density at radius 1 is 1.62 bits per heavy atom. The molecule has 0 aromatic rings. The molecule has 0 amide bonds. The molecular formula is C11H21NO4. The Balaban J connectivity index is 2.18. The molecule has 0 aromatic heterocycles. The molecule has 94 valence electrons. The van der Waals surface area contributed by atoms with Crippen molar-refractivity contribution in [1.29, 1.82) is 0 Å². The van der Waals surface area contributed by atoms with Crippen LogP contribution in [0.5, 0.6) is 0 Å². The maximum absolute atomic E-state index is 10.9. The van der Waals surface area contributed by atoms with Gasteiger partial charge in [-0.3, -0.25) is 4.79 Å². The summed E-state index contributed by atoms with van der Waals surface area (Å²) in [4.78, 5) is 10.9. The minimum absolute atomic E-state index is 0.147. The number of hydrogen-bond acceptors (Lipinski definition) is 4. The number of hydrogen-bond donors (Lipinski definition) is 2. The molecule has 5 heteroatoms. The van der Waals surface area contributed by atoms with Crippen molar-refractivity contribution in [2.75, 3.05) is 19.8 Å². The fourth-order valence-electron chi connectivity index (χ4n) is 1.68. The van der Waals surface area contributed by atoms with Crippen molar-refractivity contribution < 1.29 is 19.4 Å². The van der Waals surface area contributed by atoms with Gasteiger partial charge in [-0.05, 0) is 12.8 Å². The summed E-state index contributed by atoms with van der Waals surface area (Å²) < 4.78 is 10.7. The molecule has 1 saturated heterocycles. The molecular weight excluding hydrogens is 210 g/mol.